The maximum Gasteiger partial charge on any atom is 0.206 e. The van der Waals surface area contributed by atoms with Gasteiger partial charge in [-0.2, -0.15) is 0 Å². The second-order valence-electron chi connectivity index (χ2n) is 6.36. The first kappa shape index (κ1) is 13.7. The standard InChI is InChI=1S/C20H20O2/c1-13-6-7-15-4-3-5-17(14-8-9-14)19(15)18-12-20(21,22-2)11-10-16(13)18/h3-7,10-12,14,21H,8-9H2,1-2H3. The van der Waals surface area contributed by atoms with E-state index in [0.29, 0.717) is 5.92 Å². The first-order valence-corrected chi connectivity index (χ1v) is 7.83. The van der Waals surface area contributed by atoms with Gasteiger partial charge in [0.15, 0.2) is 0 Å². The number of rotatable bonds is 2. The van der Waals surface area contributed by atoms with Crippen LogP contribution < -0.4 is 0 Å². The lowest BCUT2D eigenvalue weighted by molar-refractivity contribution is -0.106. The second-order valence-corrected chi connectivity index (χ2v) is 6.36. The SMILES string of the molecule is COC1(O)C=CC2=C(C)C=Cc3cccc(C4CC4)c3C2=C1. The molecule has 1 unspecified atom stereocenters. The molecule has 2 heteroatoms. The molecule has 112 valence electrons. The van der Waals surface area contributed by atoms with Gasteiger partial charge in [-0.1, -0.05) is 36.4 Å². The molecule has 1 aromatic carbocycles. The van der Waals surface area contributed by atoms with Gasteiger partial charge in [-0.15, -0.1) is 0 Å². The highest BCUT2D eigenvalue weighted by Crippen LogP contribution is 2.47. The summed E-state index contributed by atoms with van der Waals surface area (Å²) in [5.74, 6) is -0.664. The molecule has 1 N–H and O–H groups in total. The molecule has 0 spiro atoms. The fourth-order valence-electron chi connectivity index (χ4n) is 3.38. The highest BCUT2D eigenvalue weighted by atomic mass is 16.6. The molecule has 0 amide bonds. The van der Waals surface area contributed by atoms with Crippen molar-refractivity contribution in [3.05, 3.63) is 70.3 Å². The maximum atomic E-state index is 10.5. The van der Waals surface area contributed by atoms with E-state index in [1.54, 1.807) is 6.08 Å². The van der Waals surface area contributed by atoms with Crippen molar-refractivity contribution in [2.24, 2.45) is 0 Å². The summed E-state index contributed by atoms with van der Waals surface area (Å²) in [6.07, 6.45) is 12.4. The van der Waals surface area contributed by atoms with Gasteiger partial charge >= 0.3 is 0 Å². The van der Waals surface area contributed by atoms with Crippen LogP contribution in [0.25, 0.3) is 11.6 Å². The van der Waals surface area contributed by atoms with Gasteiger partial charge in [-0.3, -0.25) is 0 Å². The lowest BCUT2D eigenvalue weighted by atomic mass is 9.84. The number of fused-ring (bicyclic) bond motifs is 3. The molecule has 3 aliphatic carbocycles. The first-order valence-electron chi connectivity index (χ1n) is 7.83. The number of aliphatic hydroxyl groups is 1. The monoisotopic (exact) mass is 292 g/mol. The van der Waals surface area contributed by atoms with E-state index in [9.17, 15) is 5.11 Å². The molecule has 22 heavy (non-hydrogen) atoms. The second kappa shape index (κ2) is 4.80. The molecule has 2 nitrogen and oxygen atoms in total. The van der Waals surface area contributed by atoms with Crippen LogP contribution in [0.2, 0.25) is 0 Å². The Hall–Kier alpha value is -1.90. The van der Waals surface area contributed by atoms with E-state index >= 15 is 0 Å². The number of benzene rings is 1. The van der Waals surface area contributed by atoms with Crippen LogP contribution in [0.4, 0.5) is 0 Å². The average Bonchev–Trinajstić information content (AvgIpc) is 3.37. The predicted octanol–water partition coefficient (Wildman–Crippen LogP) is 4.20. The Morgan fingerprint density at radius 2 is 2.00 bits per heavy atom. The highest BCUT2D eigenvalue weighted by Gasteiger charge is 2.33. The summed E-state index contributed by atoms with van der Waals surface area (Å²) in [5.41, 5.74) is 7.34. The molecule has 0 aliphatic heterocycles. The molecule has 1 aromatic rings. The zero-order valence-corrected chi connectivity index (χ0v) is 13.0. The number of allylic oxidation sites excluding steroid dienone is 5. The summed E-state index contributed by atoms with van der Waals surface area (Å²) in [4.78, 5) is 0. The van der Waals surface area contributed by atoms with Crippen LogP contribution in [-0.2, 0) is 4.74 Å². The van der Waals surface area contributed by atoms with Crippen molar-refractivity contribution in [3.63, 3.8) is 0 Å². The Morgan fingerprint density at radius 1 is 1.18 bits per heavy atom. The molecule has 0 heterocycles. The Morgan fingerprint density at radius 3 is 2.73 bits per heavy atom. The summed E-state index contributed by atoms with van der Waals surface area (Å²) >= 11 is 0. The number of methoxy groups -OCH3 is 1. The minimum absolute atomic E-state index is 0.658. The van der Waals surface area contributed by atoms with Crippen molar-refractivity contribution >= 4 is 11.6 Å². The fourth-order valence-corrected chi connectivity index (χ4v) is 3.38. The Labute approximate surface area is 131 Å². The van der Waals surface area contributed by atoms with Gasteiger partial charge < -0.3 is 9.84 Å². The molecular formula is C20H20O2. The van der Waals surface area contributed by atoms with Crippen LogP contribution in [0.3, 0.4) is 0 Å². The Kier molecular flexibility index (Phi) is 3.00. The van der Waals surface area contributed by atoms with Gasteiger partial charge in [-0.05, 0) is 71.2 Å². The quantitative estimate of drug-likeness (QED) is 0.828. The molecule has 0 radical (unpaired) electrons. The zero-order valence-electron chi connectivity index (χ0n) is 13.0. The lowest BCUT2D eigenvalue weighted by Gasteiger charge is -2.27. The van der Waals surface area contributed by atoms with Crippen molar-refractivity contribution in [1.82, 2.24) is 0 Å². The van der Waals surface area contributed by atoms with Gasteiger partial charge in [0.25, 0.3) is 0 Å². The summed E-state index contributed by atoms with van der Waals surface area (Å²) in [5, 5.41) is 10.5. The van der Waals surface area contributed by atoms with Crippen LogP contribution in [0, 0.1) is 0 Å². The van der Waals surface area contributed by atoms with Crippen molar-refractivity contribution in [2.45, 2.75) is 31.5 Å². The Bertz CT molecular complexity index is 760. The zero-order chi connectivity index (χ0) is 15.3. The molecule has 0 aromatic heterocycles. The minimum Gasteiger partial charge on any atom is -0.359 e. The maximum absolute atomic E-state index is 10.5. The fraction of sp³-hybridized carbons (Fsp3) is 0.300. The van der Waals surface area contributed by atoms with Gasteiger partial charge in [0, 0.05) is 7.11 Å². The molecule has 0 bridgehead atoms. The van der Waals surface area contributed by atoms with E-state index in [2.05, 4.69) is 37.3 Å². The van der Waals surface area contributed by atoms with Crippen molar-refractivity contribution < 1.29 is 9.84 Å². The van der Waals surface area contributed by atoms with Gasteiger partial charge in [0.1, 0.15) is 0 Å². The van der Waals surface area contributed by atoms with Crippen molar-refractivity contribution in [2.75, 3.05) is 7.11 Å². The van der Waals surface area contributed by atoms with Crippen LogP contribution in [-0.4, -0.2) is 18.0 Å². The average molecular weight is 292 g/mol. The van der Waals surface area contributed by atoms with E-state index in [1.165, 1.54) is 47.8 Å². The van der Waals surface area contributed by atoms with Gasteiger partial charge in [-0.25, -0.2) is 0 Å². The predicted molar refractivity (Wildman–Crippen MR) is 89.2 cm³/mol. The molecule has 1 saturated carbocycles. The smallest absolute Gasteiger partial charge is 0.206 e. The van der Waals surface area contributed by atoms with Crippen LogP contribution in [0.5, 0.6) is 0 Å². The lowest BCUT2D eigenvalue weighted by Crippen LogP contribution is -2.28. The van der Waals surface area contributed by atoms with E-state index < -0.39 is 5.79 Å². The molecule has 1 atom stereocenters. The third-order valence-corrected chi connectivity index (χ3v) is 4.81. The topological polar surface area (TPSA) is 29.5 Å². The van der Waals surface area contributed by atoms with E-state index in [-0.39, 0.29) is 0 Å². The third-order valence-electron chi connectivity index (χ3n) is 4.81. The summed E-state index contributed by atoms with van der Waals surface area (Å²) in [6.45, 7) is 2.11. The number of hydrogen-bond acceptors (Lipinski definition) is 2. The molecule has 1 fully saturated rings. The van der Waals surface area contributed by atoms with Crippen LogP contribution in [0.15, 0.2) is 53.6 Å². The molecule has 4 rings (SSSR count). The number of ether oxygens (including phenoxy) is 1. The molecular weight excluding hydrogens is 272 g/mol. The van der Waals surface area contributed by atoms with Gasteiger partial charge in [0.05, 0.1) is 0 Å². The largest absolute Gasteiger partial charge is 0.359 e. The van der Waals surface area contributed by atoms with Crippen LogP contribution in [0.1, 0.15) is 42.4 Å². The van der Waals surface area contributed by atoms with E-state index in [0.717, 1.165) is 5.57 Å². The summed E-state index contributed by atoms with van der Waals surface area (Å²) < 4.78 is 5.28. The molecule has 3 aliphatic rings. The van der Waals surface area contributed by atoms with Gasteiger partial charge in [0.2, 0.25) is 5.79 Å². The molecule has 0 saturated heterocycles. The van der Waals surface area contributed by atoms with Crippen molar-refractivity contribution in [3.8, 4) is 0 Å². The Balaban J connectivity index is 1.99. The summed E-state index contributed by atoms with van der Waals surface area (Å²) in [7, 11) is 1.53. The van der Waals surface area contributed by atoms with E-state index in [4.69, 9.17) is 4.74 Å². The first-order chi connectivity index (χ1) is 10.6. The minimum atomic E-state index is -1.32. The summed E-state index contributed by atoms with van der Waals surface area (Å²) in [6, 6.07) is 6.52. The van der Waals surface area contributed by atoms with Crippen molar-refractivity contribution in [1.29, 1.82) is 0 Å². The number of hydrogen-bond donors (Lipinski definition) is 1. The third kappa shape index (κ3) is 2.11. The van der Waals surface area contributed by atoms with E-state index in [1.807, 2.05) is 12.2 Å². The highest BCUT2D eigenvalue weighted by molar-refractivity contribution is 5.92. The van der Waals surface area contributed by atoms with Crippen LogP contribution >= 0.6 is 0 Å². The normalized spacial score (nSPS) is 26.4.